The van der Waals surface area contributed by atoms with E-state index in [-0.39, 0.29) is 6.54 Å². The molecule has 1 aromatic carbocycles. The van der Waals surface area contributed by atoms with Crippen LogP contribution in [0.2, 0.25) is 0 Å². The summed E-state index contributed by atoms with van der Waals surface area (Å²) in [6, 6.07) is 8.37. The number of nitrogens with one attached hydrogen (secondary N) is 1. The second kappa shape index (κ2) is 4.76. The van der Waals surface area contributed by atoms with Gasteiger partial charge in [-0.1, -0.05) is 30.2 Å². The van der Waals surface area contributed by atoms with E-state index in [0.717, 1.165) is 12.1 Å². The average Bonchev–Trinajstić information content (AvgIpc) is 2.77. The van der Waals surface area contributed by atoms with Crippen LogP contribution >= 0.6 is 0 Å². The summed E-state index contributed by atoms with van der Waals surface area (Å²) in [5.74, 6) is 0.427. The van der Waals surface area contributed by atoms with Gasteiger partial charge in [0.25, 0.3) is 0 Å². The SMILES string of the molecule is CCc1ccccc1Nc1nnc(CN)o1. The molecule has 0 atom stereocenters. The Balaban J connectivity index is 2.19. The van der Waals surface area contributed by atoms with Gasteiger partial charge in [-0.05, 0) is 18.1 Å². The van der Waals surface area contributed by atoms with E-state index in [4.69, 9.17) is 10.2 Å². The van der Waals surface area contributed by atoms with Gasteiger partial charge in [-0.15, -0.1) is 5.10 Å². The van der Waals surface area contributed by atoms with Crippen LogP contribution in [0.25, 0.3) is 0 Å². The molecular formula is C11H14N4O. The molecule has 5 heteroatoms. The molecule has 0 unspecified atom stereocenters. The number of benzene rings is 1. The summed E-state index contributed by atoms with van der Waals surface area (Å²) in [7, 11) is 0. The normalized spacial score (nSPS) is 10.4. The number of aryl methyl sites for hydroxylation is 1. The van der Waals surface area contributed by atoms with Crippen LogP contribution in [0.5, 0.6) is 0 Å². The Bertz CT molecular complexity index is 467. The summed E-state index contributed by atoms with van der Waals surface area (Å²) in [5, 5.41) is 10.7. The summed E-state index contributed by atoms with van der Waals surface area (Å²) >= 11 is 0. The number of rotatable bonds is 4. The Morgan fingerprint density at radius 2 is 2.12 bits per heavy atom. The van der Waals surface area contributed by atoms with Gasteiger partial charge in [-0.25, -0.2) is 0 Å². The maximum atomic E-state index is 5.39. The second-order valence-electron chi connectivity index (χ2n) is 3.34. The van der Waals surface area contributed by atoms with Gasteiger partial charge in [-0.2, -0.15) is 0 Å². The van der Waals surface area contributed by atoms with Gasteiger partial charge < -0.3 is 15.5 Å². The van der Waals surface area contributed by atoms with Crippen LogP contribution in [0, 0.1) is 0 Å². The fourth-order valence-electron chi connectivity index (χ4n) is 1.45. The first-order valence-electron chi connectivity index (χ1n) is 5.21. The Labute approximate surface area is 93.7 Å². The second-order valence-corrected chi connectivity index (χ2v) is 3.34. The third-order valence-electron chi connectivity index (χ3n) is 2.28. The van der Waals surface area contributed by atoms with E-state index in [9.17, 15) is 0 Å². The molecule has 0 aliphatic rings. The van der Waals surface area contributed by atoms with Gasteiger partial charge in [0.2, 0.25) is 5.89 Å². The molecule has 2 rings (SSSR count). The predicted molar refractivity (Wildman–Crippen MR) is 61.3 cm³/mol. The fourth-order valence-corrected chi connectivity index (χ4v) is 1.45. The molecule has 1 aromatic heterocycles. The molecule has 0 aliphatic heterocycles. The van der Waals surface area contributed by atoms with Crippen molar-refractivity contribution < 1.29 is 4.42 Å². The molecule has 3 N–H and O–H groups in total. The van der Waals surface area contributed by atoms with Crippen LogP contribution in [0.1, 0.15) is 18.4 Å². The number of aromatic nitrogens is 2. The number of anilines is 2. The summed E-state index contributed by atoms with van der Waals surface area (Å²) < 4.78 is 5.28. The molecule has 16 heavy (non-hydrogen) atoms. The molecule has 0 saturated heterocycles. The van der Waals surface area contributed by atoms with Crippen molar-refractivity contribution in [2.75, 3.05) is 5.32 Å². The minimum atomic E-state index is 0.254. The maximum Gasteiger partial charge on any atom is 0.320 e. The lowest BCUT2D eigenvalue weighted by Crippen LogP contribution is -1.95. The quantitative estimate of drug-likeness (QED) is 0.818. The van der Waals surface area contributed by atoms with Gasteiger partial charge in [0.15, 0.2) is 0 Å². The van der Waals surface area contributed by atoms with Crippen LogP contribution in [-0.2, 0) is 13.0 Å². The summed E-state index contributed by atoms with van der Waals surface area (Å²) in [6.45, 7) is 2.35. The van der Waals surface area contributed by atoms with Gasteiger partial charge in [0, 0.05) is 5.69 Å². The summed E-state index contributed by atoms with van der Waals surface area (Å²) in [4.78, 5) is 0. The number of para-hydroxylation sites is 1. The van der Waals surface area contributed by atoms with Crippen molar-refractivity contribution >= 4 is 11.7 Å². The molecule has 5 nitrogen and oxygen atoms in total. The zero-order valence-corrected chi connectivity index (χ0v) is 9.10. The van der Waals surface area contributed by atoms with Crippen LogP contribution in [0.4, 0.5) is 11.7 Å². The third-order valence-corrected chi connectivity index (χ3v) is 2.28. The van der Waals surface area contributed by atoms with E-state index in [1.807, 2.05) is 18.2 Å². The number of nitrogens with zero attached hydrogens (tertiary/aromatic N) is 2. The van der Waals surface area contributed by atoms with Crippen molar-refractivity contribution in [3.63, 3.8) is 0 Å². The Morgan fingerprint density at radius 3 is 2.81 bits per heavy atom. The van der Waals surface area contributed by atoms with Crippen LogP contribution in [0.15, 0.2) is 28.7 Å². The highest BCUT2D eigenvalue weighted by Crippen LogP contribution is 2.20. The number of nitrogens with two attached hydrogens (primary N) is 1. The largest absolute Gasteiger partial charge is 0.406 e. The number of hydrogen-bond acceptors (Lipinski definition) is 5. The third kappa shape index (κ3) is 2.20. The lowest BCUT2D eigenvalue weighted by molar-refractivity contribution is 0.511. The Hall–Kier alpha value is -1.88. The maximum absolute atomic E-state index is 5.39. The van der Waals surface area contributed by atoms with Gasteiger partial charge in [0.05, 0.1) is 6.54 Å². The van der Waals surface area contributed by atoms with E-state index in [2.05, 4.69) is 28.5 Å². The van der Waals surface area contributed by atoms with E-state index >= 15 is 0 Å². The van der Waals surface area contributed by atoms with Gasteiger partial charge >= 0.3 is 6.01 Å². The monoisotopic (exact) mass is 218 g/mol. The average molecular weight is 218 g/mol. The molecule has 0 saturated carbocycles. The zero-order valence-electron chi connectivity index (χ0n) is 9.10. The predicted octanol–water partition coefficient (Wildman–Crippen LogP) is 1.83. The van der Waals surface area contributed by atoms with Crippen molar-refractivity contribution in [3.05, 3.63) is 35.7 Å². The molecule has 0 amide bonds. The standard InChI is InChI=1S/C11H14N4O/c1-2-8-5-3-4-6-9(8)13-11-15-14-10(7-12)16-11/h3-6H,2,7,12H2,1H3,(H,13,15). The van der Waals surface area contributed by atoms with E-state index in [0.29, 0.717) is 11.9 Å². The highest BCUT2D eigenvalue weighted by Gasteiger charge is 2.06. The van der Waals surface area contributed by atoms with Crippen molar-refractivity contribution in [2.24, 2.45) is 5.73 Å². The highest BCUT2D eigenvalue weighted by atomic mass is 16.4. The first-order chi connectivity index (χ1) is 7.83. The van der Waals surface area contributed by atoms with Crippen molar-refractivity contribution in [3.8, 4) is 0 Å². The molecule has 2 aromatic rings. The minimum Gasteiger partial charge on any atom is -0.406 e. The molecule has 1 heterocycles. The molecule has 0 aliphatic carbocycles. The minimum absolute atomic E-state index is 0.254. The van der Waals surface area contributed by atoms with E-state index in [1.54, 1.807) is 0 Å². The molecule has 0 fully saturated rings. The topological polar surface area (TPSA) is 77.0 Å². The van der Waals surface area contributed by atoms with E-state index < -0.39 is 0 Å². The zero-order chi connectivity index (χ0) is 11.4. The Kier molecular flexibility index (Phi) is 3.16. The molecular weight excluding hydrogens is 204 g/mol. The van der Waals surface area contributed by atoms with Gasteiger partial charge in [-0.3, -0.25) is 0 Å². The lowest BCUT2D eigenvalue weighted by atomic mass is 10.1. The molecule has 84 valence electrons. The Morgan fingerprint density at radius 1 is 1.31 bits per heavy atom. The lowest BCUT2D eigenvalue weighted by Gasteiger charge is -2.06. The first kappa shape index (κ1) is 10.6. The summed E-state index contributed by atoms with van der Waals surface area (Å²) in [5.41, 5.74) is 7.58. The van der Waals surface area contributed by atoms with Crippen molar-refractivity contribution in [2.45, 2.75) is 19.9 Å². The van der Waals surface area contributed by atoms with Crippen molar-refractivity contribution in [1.29, 1.82) is 0 Å². The van der Waals surface area contributed by atoms with E-state index in [1.165, 1.54) is 5.56 Å². The van der Waals surface area contributed by atoms with Gasteiger partial charge in [0.1, 0.15) is 0 Å². The molecule has 0 spiro atoms. The van der Waals surface area contributed by atoms with Crippen molar-refractivity contribution in [1.82, 2.24) is 10.2 Å². The van der Waals surface area contributed by atoms with Crippen LogP contribution < -0.4 is 11.1 Å². The molecule has 0 bridgehead atoms. The van der Waals surface area contributed by atoms with Crippen LogP contribution in [-0.4, -0.2) is 10.2 Å². The smallest absolute Gasteiger partial charge is 0.320 e. The molecule has 0 radical (unpaired) electrons. The number of hydrogen-bond donors (Lipinski definition) is 2. The first-order valence-corrected chi connectivity index (χ1v) is 5.21. The highest BCUT2D eigenvalue weighted by molar-refractivity contribution is 5.57. The summed E-state index contributed by atoms with van der Waals surface area (Å²) in [6.07, 6.45) is 0.945. The fraction of sp³-hybridized carbons (Fsp3) is 0.273. The van der Waals surface area contributed by atoms with Crippen LogP contribution in [0.3, 0.4) is 0 Å².